The molecule has 2 aromatic rings. The summed E-state index contributed by atoms with van der Waals surface area (Å²) >= 11 is 0. The van der Waals surface area contributed by atoms with Gasteiger partial charge in [0, 0.05) is 25.3 Å². The van der Waals surface area contributed by atoms with Gasteiger partial charge in [0.2, 0.25) is 0 Å². The van der Waals surface area contributed by atoms with Gasteiger partial charge in [-0.3, -0.25) is 0 Å². The Hall–Kier alpha value is -2.98. The molecule has 0 amide bonds. The lowest BCUT2D eigenvalue weighted by atomic mass is 10.0. The van der Waals surface area contributed by atoms with E-state index in [-0.39, 0.29) is 12.6 Å². The van der Waals surface area contributed by atoms with Gasteiger partial charge in [-0.2, -0.15) is 0 Å². The topological polar surface area (TPSA) is 146 Å². The fourth-order valence-corrected chi connectivity index (χ4v) is 2.88. The predicted octanol–water partition coefficient (Wildman–Crippen LogP) is 1.87. The van der Waals surface area contributed by atoms with E-state index in [1.165, 1.54) is 5.56 Å². The predicted molar refractivity (Wildman–Crippen MR) is 122 cm³/mol. The molecule has 0 saturated heterocycles. The molecule has 0 aromatic heterocycles. The van der Waals surface area contributed by atoms with Gasteiger partial charge in [-0.1, -0.05) is 48.5 Å². The SMILES string of the molecule is COCC(C)NCC(O)COc1ccccc1C(O)CCc1ccccc1.O=C(O)C(=O)O. The summed E-state index contributed by atoms with van der Waals surface area (Å²) < 4.78 is 10.8. The number of hydrogen-bond acceptors (Lipinski definition) is 7. The quantitative estimate of drug-likeness (QED) is 0.298. The number of benzene rings is 2. The maximum absolute atomic E-state index is 10.6. The summed E-state index contributed by atoms with van der Waals surface area (Å²) in [7, 11) is 1.65. The zero-order chi connectivity index (χ0) is 24.6. The minimum absolute atomic E-state index is 0.162. The van der Waals surface area contributed by atoms with Crippen LogP contribution in [0.1, 0.15) is 30.6 Å². The minimum atomic E-state index is -1.82. The first kappa shape index (κ1) is 28.1. The average Bonchev–Trinajstić information content (AvgIpc) is 2.81. The normalized spacial score (nSPS) is 13.2. The minimum Gasteiger partial charge on any atom is -0.490 e. The van der Waals surface area contributed by atoms with E-state index < -0.39 is 24.1 Å². The molecule has 0 heterocycles. The van der Waals surface area contributed by atoms with Crippen LogP contribution in [0.3, 0.4) is 0 Å². The van der Waals surface area contributed by atoms with E-state index >= 15 is 0 Å². The van der Waals surface area contributed by atoms with Crippen molar-refractivity contribution in [3.63, 3.8) is 0 Å². The summed E-state index contributed by atoms with van der Waals surface area (Å²) in [5.74, 6) is -3.04. The number of carboxylic acid groups (broad SMARTS) is 2. The number of rotatable bonds is 12. The van der Waals surface area contributed by atoms with Crippen LogP contribution >= 0.6 is 0 Å². The van der Waals surface area contributed by atoms with Crippen LogP contribution in [0.25, 0.3) is 0 Å². The number of methoxy groups -OCH3 is 1. The number of para-hydroxylation sites is 1. The third-order valence-corrected chi connectivity index (χ3v) is 4.56. The second-order valence-corrected chi connectivity index (χ2v) is 7.42. The molecular formula is C24H33NO8. The molecule has 33 heavy (non-hydrogen) atoms. The average molecular weight is 464 g/mol. The van der Waals surface area contributed by atoms with Crippen LogP contribution in [-0.2, 0) is 20.7 Å². The molecule has 0 aliphatic heterocycles. The highest BCUT2D eigenvalue weighted by Gasteiger charge is 2.15. The number of aliphatic hydroxyl groups is 2. The van der Waals surface area contributed by atoms with Gasteiger partial charge in [-0.25, -0.2) is 9.59 Å². The molecule has 0 fully saturated rings. The molecule has 0 aliphatic rings. The number of aliphatic carboxylic acids is 2. The van der Waals surface area contributed by atoms with Crippen LogP contribution in [0.15, 0.2) is 54.6 Å². The Labute approximate surface area is 193 Å². The van der Waals surface area contributed by atoms with Gasteiger partial charge in [0.05, 0.1) is 12.7 Å². The first-order valence-electron chi connectivity index (χ1n) is 10.5. The summed E-state index contributed by atoms with van der Waals surface area (Å²) in [6, 6.07) is 17.7. The van der Waals surface area contributed by atoms with Gasteiger partial charge in [0.25, 0.3) is 0 Å². The molecule has 5 N–H and O–H groups in total. The van der Waals surface area contributed by atoms with Gasteiger partial charge in [-0.05, 0) is 31.4 Å². The maximum Gasteiger partial charge on any atom is 0.414 e. The van der Waals surface area contributed by atoms with Crippen molar-refractivity contribution < 1.29 is 39.5 Å². The van der Waals surface area contributed by atoms with E-state index in [1.54, 1.807) is 7.11 Å². The van der Waals surface area contributed by atoms with Gasteiger partial charge < -0.3 is 35.2 Å². The Morgan fingerprint density at radius 3 is 2.15 bits per heavy atom. The molecule has 0 bridgehead atoms. The molecule has 9 nitrogen and oxygen atoms in total. The summed E-state index contributed by atoms with van der Waals surface area (Å²) in [4.78, 5) is 18.2. The lowest BCUT2D eigenvalue weighted by molar-refractivity contribution is -0.159. The number of carbonyl (C=O) groups is 2. The molecule has 2 aromatic carbocycles. The Morgan fingerprint density at radius 1 is 0.939 bits per heavy atom. The lowest BCUT2D eigenvalue weighted by Crippen LogP contribution is -2.38. The Morgan fingerprint density at radius 2 is 1.55 bits per heavy atom. The zero-order valence-corrected chi connectivity index (χ0v) is 18.9. The number of hydrogen-bond donors (Lipinski definition) is 5. The smallest absolute Gasteiger partial charge is 0.414 e. The summed E-state index contributed by atoms with van der Waals surface area (Å²) in [5, 5.41) is 38.7. The van der Waals surface area contributed by atoms with Gasteiger partial charge in [0.15, 0.2) is 0 Å². The number of aliphatic hydroxyl groups excluding tert-OH is 2. The van der Waals surface area contributed by atoms with Crippen molar-refractivity contribution in [2.45, 2.75) is 38.0 Å². The van der Waals surface area contributed by atoms with Crippen LogP contribution < -0.4 is 10.1 Å². The van der Waals surface area contributed by atoms with Crippen molar-refractivity contribution in [3.05, 3.63) is 65.7 Å². The first-order valence-corrected chi connectivity index (χ1v) is 10.5. The Bertz CT molecular complexity index is 818. The fraction of sp³-hybridized carbons (Fsp3) is 0.417. The van der Waals surface area contributed by atoms with Crippen LogP contribution in [0.2, 0.25) is 0 Å². The van der Waals surface area contributed by atoms with Crippen molar-refractivity contribution >= 4 is 11.9 Å². The van der Waals surface area contributed by atoms with Crippen LogP contribution in [0.4, 0.5) is 0 Å². The highest BCUT2D eigenvalue weighted by Crippen LogP contribution is 2.28. The highest BCUT2D eigenvalue weighted by molar-refractivity contribution is 6.27. The third kappa shape index (κ3) is 12.0. The standard InChI is InChI=1S/C22H31NO4.C2H2O4/c1-17(15-26-2)23-14-19(24)16-27-22-11-7-6-10-20(22)21(25)13-12-18-8-4-3-5-9-18;3-1(4)2(5)6/h3-11,17,19,21,23-25H,12-16H2,1-2H3;(H,3,4)(H,5,6). The highest BCUT2D eigenvalue weighted by atomic mass is 16.5. The Kier molecular flexibility index (Phi) is 13.4. The lowest BCUT2D eigenvalue weighted by Gasteiger charge is -2.19. The monoisotopic (exact) mass is 463 g/mol. The zero-order valence-electron chi connectivity index (χ0n) is 18.9. The van der Waals surface area contributed by atoms with E-state index in [1.807, 2.05) is 49.4 Å². The fourth-order valence-electron chi connectivity index (χ4n) is 2.88. The largest absolute Gasteiger partial charge is 0.490 e. The molecule has 0 spiro atoms. The second-order valence-electron chi connectivity index (χ2n) is 7.42. The maximum atomic E-state index is 10.6. The Balaban J connectivity index is 0.000000801. The number of aryl methyl sites for hydroxylation is 1. The van der Waals surface area contributed by atoms with E-state index in [4.69, 9.17) is 29.3 Å². The summed E-state index contributed by atoms with van der Waals surface area (Å²) in [5.41, 5.74) is 1.95. The van der Waals surface area contributed by atoms with E-state index in [9.17, 15) is 10.2 Å². The van der Waals surface area contributed by atoms with Crippen LogP contribution in [0, 0.1) is 0 Å². The van der Waals surface area contributed by atoms with Crippen molar-refractivity contribution in [3.8, 4) is 5.75 Å². The molecule has 3 atom stereocenters. The van der Waals surface area contributed by atoms with Crippen LogP contribution in [-0.4, -0.2) is 71.4 Å². The van der Waals surface area contributed by atoms with Gasteiger partial charge in [0.1, 0.15) is 18.5 Å². The molecule has 0 saturated carbocycles. The van der Waals surface area contributed by atoms with Crippen molar-refractivity contribution in [2.24, 2.45) is 0 Å². The van der Waals surface area contributed by atoms with Crippen molar-refractivity contribution in [2.75, 3.05) is 26.9 Å². The van der Waals surface area contributed by atoms with Gasteiger partial charge >= 0.3 is 11.9 Å². The van der Waals surface area contributed by atoms with E-state index in [2.05, 4.69) is 17.4 Å². The first-order chi connectivity index (χ1) is 15.7. The van der Waals surface area contributed by atoms with Crippen molar-refractivity contribution in [1.82, 2.24) is 5.32 Å². The molecular weight excluding hydrogens is 430 g/mol. The number of nitrogens with one attached hydrogen (secondary N) is 1. The summed E-state index contributed by atoms with van der Waals surface area (Å²) in [6.45, 7) is 3.16. The van der Waals surface area contributed by atoms with E-state index in [0.717, 1.165) is 12.0 Å². The molecule has 182 valence electrons. The molecule has 9 heteroatoms. The van der Waals surface area contributed by atoms with Gasteiger partial charge in [-0.15, -0.1) is 0 Å². The number of carboxylic acids is 2. The number of ether oxygens (including phenoxy) is 2. The van der Waals surface area contributed by atoms with Crippen molar-refractivity contribution in [1.29, 1.82) is 0 Å². The molecule has 0 aliphatic carbocycles. The second kappa shape index (κ2) is 15.8. The molecule has 2 rings (SSSR count). The van der Waals surface area contributed by atoms with Crippen LogP contribution in [0.5, 0.6) is 5.75 Å². The van der Waals surface area contributed by atoms with E-state index in [0.29, 0.717) is 25.3 Å². The summed E-state index contributed by atoms with van der Waals surface area (Å²) in [6.07, 6.45) is 0.153. The molecule has 0 radical (unpaired) electrons. The third-order valence-electron chi connectivity index (χ3n) is 4.56. The molecule has 3 unspecified atom stereocenters.